The third-order valence-corrected chi connectivity index (χ3v) is 2.98. The van der Waals surface area contributed by atoms with Crippen molar-refractivity contribution in [3.8, 4) is 5.75 Å². The van der Waals surface area contributed by atoms with Crippen molar-refractivity contribution in [1.29, 1.82) is 0 Å². The standard InChI is InChI=1S/C12H16FNO2S/c1-8(5-6-17-2)14-12(16)10-4-3-9(13)7-11(10)15/h3-4,7-8,15H,5-6H2,1-2H3,(H,14,16). The SMILES string of the molecule is CSCCC(C)NC(=O)c1ccc(F)cc1O. The monoisotopic (exact) mass is 257 g/mol. The first-order valence-corrected chi connectivity index (χ1v) is 6.72. The Kier molecular flexibility index (Phi) is 5.28. The first-order chi connectivity index (χ1) is 8.04. The lowest BCUT2D eigenvalue weighted by Crippen LogP contribution is -2.32. The van der Waals surface area contributed by atoms with Crippen molar-refractivity contribution in [3.63, 3.8) is 0 Å². The zero-order valence-electron chi connectivity index (χ0n) is 9.87. The van der Waals surface area contributed by atoms with Crippen molar-refractivity contribution < 1.29 is 14.3 Å². The van der Waals surface area contributed by atoms with Gasteiger partial charge in [-0.3, -0.25) is 4.79 Å². The Morgan fingerprint density at radius 3 is 2.88 bits per heavy atom. The highest BCUT2D eigenvalue weighted by molar-refractivity contribution is 7.98. The lowest BCUT2D eigenvalue weighted by atomic mass is 10.1. The van der Waals surface area contributed by atoms with Crippen LogP contribution in [-0.4, -0.2) is 29.1 Å². The minimum absolute atomic E-state index is 0.0272. The fourth-order valence-corrected chi connectivity index (χ4v) is 1.95. The van der Waals surface area contributed by atoms with Crippen LogP contribution >= 0.6 is 11.8 Å². The molecule has 0 saturated heterocycles. The van der Waals surface area contributed by atoms with E-state index in [2.05, 4.69) is 5.32 Å². The number of carbonyl (C=O) groups excluding carboxylic acids is 1. The molecular formula is C12H16FNO2S. The Hall–Kier alpha value is -1.23. The van der Waals surface area contributed by atoms with Crippen LogP contribution in [0.1, 0.15) is 23.7 Å². The molecule has 1 atom stereocenters. The molecule has 0 fully saturated rings. The number of hydrogen-bond donors (Lipinski definition) is 2. The summed E-state index contributed by atoms with van der Waals surface area (Å²) in [6, 6.07) is 3.39. The fourth-order valence-electron chi connectivity index (χ4n) is 1.37. The summed E-state index contributed by atoms with van der Waals surface area (Å²) in [6.45, 7) is 1.90. The number of hydrogen-bond acceptors (Lipinski definition) is 3. The Labute approximate surface area is 104 Å². The predicted molar refractivity (Wildman–Crippen MR) is 68.0 cm³/mol. The van der Waals surface area contributed by atoms with Gasteiger partial charge in [0.25, 0.3) is 5.91 Å². The molecule has 0 radical (unpaired) electrons. The Morgan fingerprint density at radius 1 is 1.59 bits per heavy atom. The van der Waals surface area contributed by atoms with E-state index < -0.39 is 5.82 Å². The van der Waals surface area contributed by atoms with Crippen LogP contribution in [0.5, 0.6) is 5.75 Å². The van der Waals surface area contributed by atoms with Crippen LogP contribution in [0.25, 0.3) is 0 Å². The highest BCUT2D eigenvalue weighted by atomic mass is 32.2. The summed E-state index contributed by atoms with van der Waals surface area (Å²) >= 11 is 1.71. The van der Waals surface area contributed by atoms with Gasteiger partial charge in [-0.15, -0.1) is 0 Å². The highest BCUT2D eigenvalue weighted by Crippen LogP contribution is 2.18. The van der Waals surface area contributed by atoms with E-state index in [1.807, 2.05) is 13.2 Å². The number of thioether (sulfide) groups is 1. The second kappa shape index (κ2) is 6.49. The molecule has 0 aromatic heterocycles. The molecule has 94 valence electrons. The van der Waals surface area contributed by atoms with E-state index in [9.17, 15) is 14.3 Å². The minimum Gasteiger partial charge on any atom is -0.507 e. The van der Waals surface area contributed by atoms with Crippen LogP contribution in [0, 0.1) is 5.82 Å². The van der Waals surface area contributed by atoms with E-state index in [4.69, 9.17) is 0 Å². The fraction of sp³-hybridized carbons (Fsp3) is 0.417. The summed E-state index contributed by atoms with van der Waals surface area (Å²) in [7, 11) is 0. The average molecular weight is 257 g/mol. The first-order valence-electron chi connectivity index (χ1n) is 5.33. The number of amides is 1. The van der Waals surface area contributed by atoms with Gasteiger partial charge in [-0.2, -0.15) is 11.8 Å². The summed E-state index contributed by atoms with van der Waals surface area (Å²) in [5, 5.41) is 12.2. The molecule has 3 nitrogen and oxygen atoms in total. The number of aromatic hydroxyl groups is 1. The van der Waals surface area contributed by atoms with Gasteiger partial charge in [0, 0.05) is 12.1 Å². The molecule has 0 saturated carbocycles. The second-order valence-electron chi connectivity index (χ2n) is 3.82. The Morgan fingerprint density at radius 2 is 2.29 bits per heavy atom. The van der Waals surface area contributed by atoms with Gasteiger partial charge in [-0.25, -0.2) is 4.39 Å². The van der Waals surface area contributed by atoms with E-state index in [1.54, 1.807) is 11.8 Å². The summed E-state index contributed by atoms with van der Waals surface area (Å²) in [6.07, 6.45) is 2.86. The molecule has 1 amide bonds. The summed E-state index contributed by atoms with van der Waals surface area (Å²) in [4.78, 5) is 11.8. The van der Waals surface area contributed by atoms with E-state index in [1.165, 1.54) is 6.07 Å². The average Bonchev–Trinajstić information content (AvgIpc) is 2.26. The van der Waals surface area contributed by atoms with E-state index in [-0.39, 0.29) is 23.3 Å². The highest BCUT2D eigenvalue weighted by Gasteiger charge is 2.13. The van der Waals surface area contributed by atoms with Gasteiger partial charge in [-0.1, -0.05) is 0 Å². The van der Waals surface area contributed by atoms with E-state index in [0.29, 0.717) is 0 Å². The molecule has 1 rings (SSSR count). The molecule has 0 aliphatic rings. The lowest BCUT2D eigenvalue weighted by Gasteiger charge is -2.13. The van der Waals surface area contributed by atoms with E-state index >= 15 is 0 Å². The molecule has 0 aliphatic carbocycles. The number of nitrogens with one attached hydrogen (secondary N) is 1. The van der Waals surface area contributed by atoms with Crippen LogP contribution in [0.2, 0.25) is 0 Å². The molecular weight excluding hydrogens is 241 g/mol. The molecule has 0 spiro atoms. The van der Waals surface area contributed by atoms with Crippen molar-refractivity contribution in [2.24, 2.45) is 0 Å². The quantitative estimate of drug-likeness (QED) is 0.851. The van der Waals surface area contributed by atoms with Gasteiger partial charge >= 0.3 is 0 Å². The largest absolute Gasteiger partial charge is 0.507 e. The van der Waals surface area contributed by atoms with Gasteiger partial charge in [0.2, 0.25) is 0 Å². The van der Waals surface area contributed by atoms with Gasteiger partial charge in [0.15, 0.2) is 0 Å². The molecule has 0 aliphatic heterocycles. The van der Waals surface area contributed by atoms with Crippen molar-refractivity contribution >= 4 is 17.7 Å². The molecule has 1 unspecified atom stereocenters. The van der Waals surface area contributed by atoms with Crippen molar-refractivity contribution in [1.82, 2.24) is 5.32 Å². The maximum atomic E-state index is 12.7. The maximum absolute atomic E-state index is 12.7. The van der Waals surface area contributed by atoms with Gasteiger partial charge in [0.05, 0.1) is 5.56 Å². The molecule has 5 heteroatoms. The smallest absolute Gasteiger partial charge is 0.255 e. The zero-order chi connectivity index (χ0) is 12.8. The van der Waals surface area contributed by atoms with Crippen molar-refractivity contribution in [3.05, 3.63) is 29.6 Å². The first kappa shape index (κ1) is 13.8. The third-order valence-electron chi connectivity index (χ3n) is 2.34. The number of phenolic OH excluding ortho intramolecular Hbond substituents is 1. The number of halogens is 1. The lowest BCUT2D eigenvalue weighted by molar-refractivity contribution is 0.0937. The number of phenols is 1. The minimum atomic E-state index is -0.561. The molecule has 1 aromatic rings. The van der Waals surface area contributed by atoms with E-state index in [0.717, 1.165) is 24.3 Å². The molecule has 0 bridgehead atoms. The van der Waals surface area contributed by atoms with Crippen LogP contribution in [0.4, 0.5) is 4.39 Å². The number of benzene rings is 1. The molecule has 2 N–H and O–H groups in total. The third kappa shape index (κ3) is 4.26. The van der Waals surface area contributed by atoms with Gasteiger partial charge in [0.1, 0.15) is 11.6 Å². The molecule has 0 heterocycles. The summed E-state index contributed by atoms with van der Waals surface area (Å²) < 4.78 is 12.7. The molecule has 17 heavy (non-hydrogen) atoms. The van der Waals surface area contributed by atoms with Gasteiger partial charge < -0.3 is 10.4 Å². The molecule has 1 aromatic carbocycles. The zero-order valence-corrected chi connectivity index (χ0v) is 10.7. The second-order valence-corrected chi connectivity index (χ2v) is 4.80. The number of rotatable bonds is 5. The predicted octanol–water partition coefficient (Wildman–Crippen LogP) is 2.40. The van der Waals surface area contributed by atoms with Crippen molar-refractivity contribution in [2.75, 3.05) is 12.0 Å². The van der Waals surface area contributed by atoms with Crippen molar-refractivity contribution in [2.45, 2.75) is 19.4 Å². The number of carbonyl (C=O) groups is 1. The summed E-state index contributed by atoms with van der Waals surface area (Å²) in [5.41, 5.74) is 0.0994. The normalized spacial score (nSPS) is 12.2. The topological polar surface area (TPSA) is 49.3 Å². The van der Waals surface area contributed by atoms with Gasteiger partial charge in [-0.05, 0) is 37.5 Å². The Bertz CT molecular complexity index is 398. The van der Waals surface area contributed by atoms with Crippen LogP contribution in [0.3, 0.4) is 0 Å². The Balaban J connectivity index is 2.63. The van der Waals surface area contributed by atoms with Crippen LogP contribution in [-0.2, 0) is 0 Å². The van der Waals surface area contributed by atoms with Crippen LogP contribution < -0.4 is 5.32 Å². The summed E-state index contributed by atoms with van der Waals surface area (Å²) in [5.74, 6) is -0.318. The van der Waals surface area contributed by atoms with Crippen LogP contribution in [0.15, 0.2) is 18.2 Å². The maximum Gasteiger partial charge on any atom is 0.255 e.